The van der Waals surface area contributed by atoms with Crippen LogP contribution < -0.4 is 26.8 Å². The fraction of sp³-hybridized carbons (Fsp3) is 0.642. The van der Waals surface area contributed by atoms with E-state index in [9.17, 15) is 52.7 Å². The molecule has 0 aliphatic carbocycles. The lowest BCUT2D eigenvalue weighted by Gasteiger charge is -2.44. The molecule has 4 aromatic carbocycles. The second kappa shape index (κ2) is 43.8. The summed E-state index contributed by atoms with van der Waals surface area (Å²) < 4.78 is 294. The van der Waals surface area contributed by atoms with Gasteiger partial charge in [0, 0.05) is 0 Å². The largest absolute Gasteiger partial charge is 0.337 e. The molecule has 0 aromatic heterocycles. The van der Waals surface area contributed by atoms with Crippen LogP contribution >= 0.6 is 0 Å². The van der Waals surface area contributed by atoms with Crippen LogP contribution in [0.5, 0.6) is 0 Å². The van der Waals surface area contributed by atoms with Crippen molar-refractivity contribution in [2.75, 3.05) is 20.1 Å². The second-order valence-electron chi connectivity index (χ2n) is 24.0. The highest BCUT2D eigenvalue weighted by molar-refractivity contribution is 7.20. The molecule has 0 aliphatic heterocycles. The Morgan fingerprint density at radius 3 is 0.478 bits per heavy atom. The van der Waals surface area contributed by atoms with Gasteiger partial charge in [0.05, 0.1) is 20.1 Å². The number of hydrogen-bond acceptors (Lipinski definition) is 0. The third kappa shape index (κ3) is 23.2. The molecule has 23 heteroatoms. The highest BCUT2D eigenvalue weighted by Gasteiger charge is 2.52. The number of quaternary nitrogens is 1. The summed E-state index contributed by atoms with van der Waals surface area (Å²) in [6, 6.07) is 0. The highest BCUT2D eigenvalue weighted by atomic mass is 27.2. The summed E-state index contributed by atoms with van der Waals surface area (Å²) in [4.78, 5) is 1.78. The topological polar surface area (TPSA) is 4.44 Å². The van der Waals surface area contributed by atoms with Crippen LogP contribution in [0, 0.1) is 116 Å². The molecule has 0 spiro atoms. The van der Waals surface area contributed by atoms with E-state index in [4.69, 9.17) is 0 Å². The first-order valence-corrected chi connectivity index (χ1v) is 35.4. The molecule has 90 heavy (non-hydrogen) atoms. The maximum absolute atomic E-state index is 15.4. The predicted octanol–water partition coefficient (Wildman–Crippen LogP) is 20.4. The van der Waals surface area contributed by atoms with E-state index in [1.54, 1.807) is 4.90 Å². The number of benzene rings is 4. The zero-order valence-electron chi connectivity index (χ0n) is 53.4. The monoisotopic (exact) mass is 1330 g/mol. The predicted molar refractivity (Wildman–Crippen MR) is 322 cm³/mol. The average molecular weight is 1330 g/mol. The zero-order valence-corrected chi connectivity index (χ0v) is 54.5. The van der Waals surface area contributed by atoms with Gasteiger partial charge in [-0.2, -0.15) is 0 Å². The van der Waals surface area contributed by atoms with Crippen molar-refractivity contribution in [2.24, 2.45) is 0 Å². The molecule has 0 heterocycles. The molecule has 0 unspecified atom stereocenters. The van der Waals surface area contributed by atoms with Crippen LogP contribution in [0.25, 0.3) is 0 Å². The van der Waals surface area contributed by atoms with E-state index >= 15 is 35.1 Å². The van der Waals surface area contributed by atoms with Crippen molar-refractivity contribution < 1.29 is 92.7 Å². The normalized spacial score (nSPS) is 11.6. The number of hydrogen-bond donors (Lipinski definition) is 1. The van der Waals surface area contributed by atoms with Crippen LogP contribution in [0.3, 0.4) is 0 Å². The summed E-state index contributed by atoms with van der Waals surface area (Å²) in [7, 11) is 2.43. The third-order valence-electron chi connectivity index (χ3n) is 17.4. The van der Waals surface area contributed by atoms with Crippen molar-refractivity contribution in [1.29, 1.82) is 0 Å². The Bertz CT molecular complexity index is 2320. The molecule has 0 aliphatic rings. The number of rotatable bonds is 41. The Morgan fingerprint density at radius 1 is 0.211 bits per heavy atom. The lowest BCUT2D eigenvalue weighted by atomic mass is 9.12. The molecule has 0 radical (unpaired) electrons. The van der Waals surface area contributed by atoms with E-state index in [1.165, 1.54) is 234 Å². The van der Waals surface area contributed by atoms with E-state index in [0.29, 0.717) is 0 Å². The first kappa shape index (κ1) is 82.1. The molecule has 512 valence electrons. The van der Waals surface area contributed by atoms with Crippen LogP contribution in [0.4, 0.5) is 87.8 Å². The maximum atomic E-state index is 15.4. The molecular formula is C67H93AlBF20N. The Morgan fingerprint density at radius 2 is 0.344 bits per heavy atom. The molecule has 0 saturated heterocycles. The lowest BCUT2D eigenvalue weighted by molar-refractivity contribution is -0.880. The minimum Gasteiger partial charge on any atom is -0.337 e. The Kier molecular flexibility index (Phi) is 40.0. The molecule has 0 bridgehead atoms. The molecule has 0 fully saturated rings. The van der Waals surface area contributed by atoms with Crippen LogP contribution in [-0.4, -0.2) is 40.4 Å². The van der Waals surface area contributed by atoms with Crippen LogP contribution in [0.2, 0.25) is 15.8 Å². The Balaban J connectivity index is 0.000000561. The fourth-order valence-electron chi connectivity index (χ4n) is 11.8. The standard InChI is InChI=1S/C37H77N.C24BF20.3C2H5.Al/c1-4-6-8-10-12-14-16-18-20-22-24-26-28-30-32-34-36-38(3)37-35-33-31-29-27-25-23-21-19-17-15-13-11-9-7-5-2;26-5-1(6(27)14(35)21(42)13(5)34)25(2-7(28)15(36)22(43)16(37)8(2)29,3-9(30)17(38)23(44)18(39)10(3)31)4-11(32)19(40)24(45)20(41)12(4)33;3*1-2;/h4-37H2,1-3H3;;3*1H2,2H3;/q;-1;;;;/p+1. The molecule has 0 amide bonds. The summed E-state index contributed by atoms with van der Waals surface area (Å²) in [6.07, 6.45) is 39.8. The lowest BCUT2D eigenvalue weighted by Crippen LogP contribution is -3.09. The van der Waals surface area contributed by atoms with Gasteiger partial charge < -0.3 is 4.90 Å². The van der Waals surface area contributed by atoms with Crippen molar-refractivity contribution in [1.82, 2.24) is 0 Å². The quantitative estimate of drug-likeness (QED) is 0.0149. The minimum absolute atomic E-state index is 0.171. The van der Waals surface area contributed by atoms with Gasteiger partial charge in [0.1, 0.15) is 52.7 Å². The molecule has 1 nitrogen and oxygen atoms in total. The molecule has 1 N–H and O–H groups in total. The molecular weight excluding hydrogens is 1240 g/mol. The van der Waals surface area contributed by atoms with E-state index in [2.05, 4.69) is 41.7 Å². The fourth-order valence-corrected chi connectivity index (χ4v) is 13.5. The molecule has 0 saturated carbocycles. The van der Waals surface area contributed by atoms with Gasteiger partial charge in [0.15, 0.2) is 69.8 Å². The van der Waals surface area contributed by atoms with Gasteiger partial charge in [-0.15, -0.1) is 21.9 Å². The Hall–Kier alpha value is -3.96. The van der Waals surface area contributed by atoms with Crippen molar-refractivity contribution in [3.8, 4) is 0 Å². The van der Waals surface area contributed by atoms with E-state index < -0.39 is 144 Å². The summed E-state index contributed by atoms with van der Waals surface area (Å²) in [5.74, 6) is -71.4. The smallest absolute Gasteiger partial charge is 0.261 e. The maximum Gasteiger partial charge on any atom is 0.261 e. The van der Waals surface area contributed by atoms with Gasteiger partial charge in [-0.1, -0.05) is 230 Å². The van der Waals surface area contributed by atoms with E-state index in [0.717, 1.165) is 0 Å². The van der Waals surface area contributed by atoms with Crippen LogP contribution in [0.1, 0.15) is 240 Å². The van der Waals surface area contributed by atoms with Crippen molar-refractivity contribution in [3.05, 3.63) is 116 Å². The third-order valence-corrected chi connectivity index (χ3v) is 20.8. The van der Waals surface area contributed by atoms with Crippen molar-refractivity contribution in [2.45, 2.75) is 256 Å². The van der Waals surface area contributed by atoms with Crippen LogP contribution in [0.15, 0.2) is 0 Å². The molecule has 4 rings (SSSR count). The average Bonchev–Trinajstić information content (AvgIpc) is 0.684. The second-order valence-corrected chi connectivity index (χ2v) is 28.1. The number of halogens is 20. The summed E-state index contributed by atoms with van der Waals surface area (Å²) in [5, 5.41) is 4.48. The van der Waals surface area contributed by atoms with Gasteiger partial charge in [-0.25, -0.2) is 87.8 Å². The SMILES string of the molecule is CCCCCCCCCCCCCCCCCC[NH+](C)CCCCCCCCCCCCCCCCCC.C[CH2][Al]([CH2]C)[CH2]C.Fc1c(F)c(F)c([B-](c2c(F)c(F)c(F)c(F)c2F)(c2c(F)c(F)c(F)c(F)c2F)c2c(F)c(F)c(F)c(F)c2F)c(F)c1F. The summed E-state index contributed by atoms with van der Waals surface area (Å²) in [5.41, 5.74) is -14.3. The highest BCUT2D eigenvalue weighted by Crippen LogP contribution is 2.31. The summed E-state index contributed by atoms with van der Waals surface area (Å²) >= 11 is -0.171. The number of unbranched alkanes of at least 4 members (excludes halogenated alkanes) is 30. The van der Waals surface area contributed by atoms with Gasteiger partial charge >= 0.3 is 0 Å². The number of nitrogens with one attached hydrogen (secondary N) is 1. The van der Waals surface area contributed by atoms with Gasteiger partial charge in [-0.05, 0) is 25.7 Å². The van der Waals surface area contributed by atoms with Gasteiger partial charge in [-0.3, -0.25) is 0 Å². The molecule has 0 atom stereocenters. The molecule has 4 aromatic rings. The van der Waals surface area contributed by atoms with Crippen molar-refractivity contribution >= 4 is 42.1 Å². The van der Waals surface area contributed by atoms with Crippen LogP contribution in [-0.2, 0) is 0 Å². The summed E-state index contributed by atoms with van der Waals surface area (Å²) in [6.45, 7) is 14.4. The van der Waals surface area contributed by atoms with Crippen molar-refractivity contribution in [3.63, 3.8) is 0 Å². The van der Waals surface area contributed by atoms with E-state index in [1.807, 2.05) is 0 Å². The minimum atomic E-state index is -7.22. The zero-order chi connectivity index (χ0) is 67.7. The Labute approximate surface area is 525 Å². The first-order valence-electron chi connectivity index (χ1n) is 32.9. The first-order chi connectivity index (χ1) is 42.9. The van der Waals surface area contributed by atoms with E-state index in [-0.39, 0.29) is 14.1 Å². The van der Waals surface area contributed by atoms with Gasteiger partial charge in [0.25, 0.3) is 14.1 Å². The van der Waals surface area contributed by atoms with Gasteiger partial charge in [0.2, 0.25) is 0 Å².